The van der Waals surface area contributed by atoms with Crippen LogP contribution in [0, 0.1) is 16.0 Å². The van der Waals surface area contributed by atoms with Crippen LogP contribution in [0.15, 0.2) is 24.4 Å². The van der Waals surface area contributed by atoms with Gasteiger partial charge in [0.25, 0.3) is 0 Å². The number of fused-ring (bicyclic) bond motifs is 1. The van der Waals surface area contributed by atoms with Crippen LogP contribution in [0.4, 0.5) is 11.6 Å². The number of imidazole rings is 1. The number of rotatable bonds is 5. The minimum absolute atomic E-state index is 0.0187. The van der Waals surface area contributed by atoms with Gasteiger partial charge in [0, 0.05) is 31.7 Å². The molecular formula is C16H23N5O2. The van der Waals surface area contributed by atoms with E-state index in [0.29, 0.717) is 17.4 Å². The van der Waals surface area contributed by atoms with Crippen molar-refractivity contribution in [3.63, 3.8) is 0 Å². The number of likely N-dealkylation sites (tertiary alicyclic amines) is 1. The molecule has 1 fully saturated rings. The van der Waals surface area contributed by atoms with Gasteiger partial charge in [-0.1, -0.05) is 19.9 Å². The monoisotopic (exact) mass is 317 g/mol. The summed E-state index contributed by atoms with van der Waals surface area (Å²) in [5.41, 5.74) is 0.596. The standard InChI is InChI=1S/C16H23N5O2/c1-12(2)11-19-9-6-13(7-10-19)17-15-16(21(22)23)20-8-4-3-5-14(20)18-15/h3-5,8,12-13,17H,6-7,9-11H2,1-2H3. The smallest absolute Gasteiger partial charge is 0.360 e. The number of nitrogens with zero attached hydrogens (tertiary/aromatic N) is 4. The highest BCUT2D eigenvalue weighted by molar-refractivity contribution is 5.62. The third kappa shape index (κ3) is 3.44. The third-order valence-corrected chi connectivity index (χ3v) is 4.23. The van der Waals surface area contributed by atoms with E-state index in [9.17, 15) is 10.1 Å². The second-order valence-corrected chi connectivity index (χ2v) is 6.58. The molecule has 3 heterocycles. The molecule has 7 nitrogen and oxygen atoms in total. The van der Waals surface area contributed by atoms with E-state index < -0.39 is 0 Å². The second-order valence-electron chi connectivity index (χ2n) is 6.58. The van der Waals surface area contributed by atoms with Gasteiger partial charge < -0.3 is 20.3 Å². The first-order valence-electron chi connectivity index (χ1n) is 8.15. The maximum absolute atomic E-state index is 11.4. The molecule has 0 unspecified atom stereocenters. The van der Waals surface area contributed by atoms with Crippen molar-refractivity contribution in [1.29, 1.82) is 0 Å². The zero-order valence-electron chi connectivity index (χ0n) is 13.6. The highest BCUT2D eigenvalue weighted by Gasteiger charge is 2.26. The zero-order valence-corrected chi connectivity index (χ0v) is 13.6. The van der Waals surface area contributed by atoms with E-state index in [1.807, 2.05) is 6.07 Å². The Morgan fingerprint density at radius 1 is 1.39 bits per heavy atom. The first-order valence-corrected chi connectivity index (χ1v) is 8.15. The van der Waals surface area contributed by atoms with Crippen molar-refractivity contribution < 1.29 is 4.92 Å². The molecule has 0 amide bonds. The molecule has 2 aromatic rings. The minimum atomic E-state index is -0.365. The van der Waals surface area contributed by atoms with Gasteiger partial charge in [-0.05, 0) is 29.7 Å². The van der Waals surface area contributed by atoms with Gasteiger partial charge in [0.15, 0.2) is 0 Å². The van der Waals surface area contributed by atoms with Crippen molar-refractivity contribution in [2.75, 3.05) is 25.0 Å². The number of anilines is 1. The molecule has 0 bridgehead atoms. The molecule has 1 saturated heterocycles. The molecule has 1 N–H and O–H groups in total. The zero-order chi connectivity index (χ0) is 16.4. The summed E-state index contributed by atoms with van der Waals surface area (Å²) in [4.78, 5) is 17.9. The summed E-state index contributed by atoms with van der Waals surface area (Å²) in [5, 5.41) is 14.7. The van der Waals surface area contributed by atoms with E-state index >= 15 is 0 Å². The van der Waals surface area contributed by atoms with Crippen LogP contribution < -0.4 is 5.32 Å². The Balaban J connectivity index is 1.73. The van der Waals surface area contributed by atoms with Gasteiger partial charge in [0.05, 0.1) is 6.20 Å². The first-order chi connectivity index (χ1) is 11.0. The Morgan fingerprint density at radius 2 is 2.13 bits per heavy atom. The van der Waals surface area contributed by atoms with E-state index in [0.717, 1.165) is 32.5 Å². The lowest BCUT2D eigenvalue weighted by Gasteiger charge is -2.33. The summed E-state index contributed by atoms with van der Waals surface area (Å²) < 4.78 is 1.52. The molecule has 0 saturated carbocycles. The summed E-state index contributed by atoms with van der Waals surface area (Å²) >= 11 is 0. The molecule has 7 heteroatoms. The van der Waals surface area contributed by atoms with E-state index in [4.69, 9.17) is 0 Å². The molecule has 0 radical (unpaired) electrons. The summed E-state index contributed by atoms with van der Waals surface area (Å²) in [6.45, 7) is 7.62. The molecule has 0 spiro atoms. The Labute approximate surface area is 135 Å². The van der Waals surface area contributed by atoms with Gasteiger partial charge >= 0.3 is 5.82 Å². The Kier molecular flexibility index (Phi) is 4.47. The summed E-state index contributed by atoms with van der Waals surface area (Å²) in [7, 11) is 0. The average Bonchev–Trinajstić information content (AvgIpc) is 2.86. The van der Waals surface area contributed by atoms with E-state index in [1.165, 1.54) is 4.40 Å². The Morgan fingerprint density at radius 3 is 2.78 bits per heavy atom. The normalized spacial score (nSPS) is 17.0. The van der Waals surface area contributed by atoms with Crippen LogP contribution in [0.3, 0.4) is 0 Å². The first kappa shape index (κ1) is 15.7. The van der Waals surface area contributed by atoms with E-state index in [2.05, 4.69) is 29.0 Å². The Bertz CT molecular complexity index is 689. The quantitative estimate of drug-likeness (QED) is 0.678. The number of nitrogens with one attached hydrogen (secondary N) is 1. The maximum atomic E-state index is 11.4. The molecular weight excluding hydrogens is 294 g/mol. The molecule has 0 atom stereocenters. The van der Waals surface area contributed by atoms with Crippen LogP contribution in [-0.2, 0) is 0 Å². The van der Waals surface area contributed by atoms with Gasteiger partial charge in [-0.3, -0.25) is 0 Å². The molecule has 3 rings (SSSR count). The number of hydrogen-bond donors (Lipinski definition) is 1. The van der Waals surface area contributed by atoms with Crippen molar-refractivity contribution in [1.82, 2.24) is 14.3 Å². The fraction of sp³-hybridized carbons (Fsp3) is 0.562. The molecule has 124 valence electrons. The van der Waals surface area contributed by atoms with Crippen molar-refractivity contribution in [2.45, 2.75) is 32.7 Å². The predicted molar refractivity (Wildman–Crippen MR) is 89.8 cm³/mol. The number of pyridine rings is 1. The predicted octanol–water partition coefficient (Wildman–Crippen LogP) is 2.77. The fourth-order valence-corrected chi connectivity index (χ4v) is 3.22. The topological polar surface area (TPSA) is 75.7 Å². The van der Waals surface area contributed by atoms with Crippen LogP contribution in [0.5, 0.6) is 0 Å². The molecule has 0 aliphatic carbocycles. The van der Waals surface area contributed by atoms with Gasteiger partial charge in [-0.2, -0.15) is 9.38 Å². The van der Waals surface area contributed by atoms with Gasteiger partial charge in [0.1, 0.15) is 0 Å². The summed E-state index contributed by atoms with van der Waals surface area (Å²) in [5.74, 6) is 1.06. The summed E-state index contributed by atoms with van der Waals surface area (Å²) in [6, 6.07) is 5.63. The SMILES string of the molecule is CC(C)CN1CCC(Nc2nc3ccccn3c2[N+](=O)[O-])CC1. The van der Waals surface area contributed by atoms with E-state index in [1.54, 1.807) is 18.3 Å². The van der Waals surface area contributed by atoms with Crippen LogP contribution in [0.25, 0.3) is 5.65 Å². The molecule has 0 aromatic carbocycles. The summed E-state index contributed by atoms with van der Waals surface area (Å²) in [6.07, 6.45) is 3.65. The average molecular weight is 317 g/mol. The van der Waals surface area contributed by atoms with Crippen molar-refractivity contribution in [2.24, 2.45) is 5.92 Å². The van der Waals surface area contributed by atoms with Crippen molar-refractivity contribution in [3.05, 3.63) is 34.5 Å². The van der Waals surface area contributed by atoms with Crippen LogP contribution in [0.2, 0.25) is 0 Å². The number of aromatic nitrogens is 2. The van der Waals surface area contributed by atoms with Crippen LogP contribution in [-0.4, -0.2) is 44.9 Å². The van der Waals surface area contributed by atoms with Crippen LogP contribution >= 0.6 is 0 Å². The molecule has 1 aliphatic rings. The lowest BCUT2D eigenvalue weighted by atomic mass is 10.0. The number of piperidine rings is 1. The molecule has 1 aliphatic heterocycles. The lowest BCUT2D eigenvalue weighted by Crippen LogP contribution is -2.40. The number of hydrogen-bond acceptors (Lipinski definition) is 5. The highest BCUT2D eigenvalue weighted by Crippen LogP contribution is 2.27. The number of nitro groups is 1. The second kappa shape index (κ2) is 6.54. The molecule has 23 heavy (non-hydrogen) atoms. The minimum Gasteiger partial charge on any atom is -0.360 e. The van der Waals surface area contributed by atoms with Crippen molar-refractivity contribution >= 4 is 17.3 Å². The van der Waals surface area contributed by atoms with Gasteiger partial charge in [-0.15, -0.1) is 0 Å². The molecule has 2 aromatic heterocycles. The van der Waals surface area contributed by atoms with Crippen LogP contribution in [0.1, 0.15) is 26.7 Å². The third-order valence-electron chi connectivity index (χ3n) is 4.23. The van der Waals surface area contributed by atoms with Gasteiger partial charge in [0.2, 0.25) is 11.5 Å². The Hall–Kier alpha value is -2.15. The fourth-order valence-electron chi connectivity index (χ4n) is 3.22. The van der Waals surface area contributed by atoms with E-state index in [-0.39, 0.29) is 16.8 Å². The van der Waals surface area contributed by atoms with Gasteiger partial charge in [-0.25, -0.2) is 0 Å². The van der Waals surface area contributed by atoms with Crippen molar-refractivity contribution in [3.8, 4) is 0 Å². The lowest BCUT2D eigenvalue weighted by molar-refractivity contribution is -0.389. The highest BCUT2D eigenvalue weighted by atomic mass is 16.6. The maximum Gasteiger partial charge on any atom is 0.372 e. The largest absolute Gasteiger partial charge is 0.372 e.